The number of ether oxygens (including phenoxy) is 1. The summed E-state index contributed by atoms with van der Waals surface area (Å²) in [7, 11) is 3.96. The second-order valence-electron chi connectivity index (χ2n) is 7.17. The largest absolute Gasteiger partial charge is 0.445 e. The van der Waals surface area contributed by atoms with Gasteiger partial charge in [-0.3, -0.25) is 9.69 Å². The summed E-state index contributed by atoms with van der Waals surface area (Å²) in [6.45, 7) is 3.11. The van der Waals surface area contributed by atoms with Crippen LogP contribution in [0.2, 0.25) is 0 Å². The van der Waals surface area contributed by atoms with Crippen LogP contribution in [0.4, 0.5) is 4.79 Å². The standard InChI is InChI=1S/C19H27N3O3/c1-20-11-10-19(9-8-17(20)23)15-22(13-12-21(19)2)18(24)25-14-16-6-4-3-5-7-16/h3-7H,8-15H2,1-2H3/t19-/m0/s1. The molecule has 2 amide bonds. The first kappa shape index (κ1) is 17.7. The van der Waals surface area contributed by atoms with Crippen LogP contribution in [-0.4, -0.2) is 72.5 Å². The molecule has 0 bridgehead atoms. The van der Waals surface area contributed by atoms with Crippen LogP contribution in [0.3, 0.4) is 0 Å². The van der Waals surface area contributed by atoms with Crippen molar-refractivity contribution >= 4 is 12.0 Å². The number of amides is 2. The second kappa shape index (κ2) is 7.44. The van der Waals surface area contributed by atoms with Crippen molar-refractivity contribution in [3.63, 3.8) is 0 Å². The number of hydrogen-bond donors (Lipinski definition) is 0. The van der Waals surface area contributed by atoms with E-state index in [9.17, 15) is 9.59 Å². The second-order valence-corrected chi connectivity index (χ2v) is 7.17. The molecule has 2 fully saturated rings. The van der Waals surface area contributed by atoms with Gasteiger partial charge in [-0.05, 0) is 25.5 Å². The van der Waals surface area contributed by atoms with Crippen molar-refractivity contribution in [2.75, 3.05) is 40.3 Å². The minimum absolute atomic E-state index is 0.134. The van der Waals surface area contributed by atoms with Crippen LogP contribution in [0.15, 0.2) is 30.3 Å². The lowest BCUT2D eigenvalue weighted by atomic mass is 9.86. The van der Waals surface area contributed by atoms with Gasteiger partial charge in [0.25, 0.3) is 0 Å². The average molecular weight is 345 g/mol. The van der Waals surface area contributed by atoms with E-state index in [4.69, 9.17) is 4.74 Å². The summed E-state index contributed by atoms with van der Waals surface area (Å²) in [4.78, 5) is 30.5. The molecule has 0 unspecified atom stereocenters. The SMILES string of the molecule is CN1CC[C@@]2(CCC1=O)CN(C(=O)OCc1ccccc1)CCN2C. The van der Waals surface area contributed by atoms with E-state index in [2.05, 4.69) is 11.9 Å². The van der Waals surface area contributed by atoms with Crippen LogP contribution in [0.1, 0.15) is 24.8 Å². The number of carbonyl (C=O) groups excluding carboxylic acids is 2. The highest BCUT2D eigenvalue weighted by Crippen LogP contribution is 2.32. The van der Waals surface area contributed by atoms with Crippen molar-refractivity contribution in [1.82, 2.24) is 14.7 Å². The van der Waals surface area contributed by atoms with Crippen LogP contribution in [0.25, 0.3) is 0 Å². The summed E-state index contributed by atoms with van der Waals surface area (Å²) in [5, 5.41) is 0. The zero-order valence-corrected chi connectivity index (χ0v) is 15.1. The molecule has 3 rings (SSSR count). The van der Waals surface area contributed by atoms with Crippen LogP contribution in [0, 0.1) is 0 Å². The summed E-state index contributed by atoms with van der Waals surface area (Å²) in [6, 6.07) is 9.72. The maximum Gasteiger partial charge on any atom is 0.410 e. The Morgan fingerprint density at radius 2 is 1.88 bits per heavy atom. The quantitative estimate of drug-likeness (QED) is 0.822. The van der Waals surface area contributed by atoms with Crippen molar-refractivity contribution in [2.24, 2.45) is 0 Å². The smallest absolute Gasteiger partial charge is 0.410 e. The molecule has 6 nitrogen and oxygen atoms in total. The fraction of sp³-hybridized carbons (Fsp3) is 0.579. The Morgan fingerprint density at radius 3 is 2.64 bits per heavy atom. The minimum atomic E-state index is -0.264. The van der Waals surface area contributed by atoms with Gasteiger partial charge in [0.2, 0.25) is 5.91 Å². The third kappa shape index (κ3) is 3.95. The van der Waals surface area contributed by atoms with E-state index in [0.717, 1.165) is 31.5 Å². The molecule has 2 saturated heterocycles. The van der Waals surface area contributed by atoms with Crippen molar-refractivity contribution in [3.8, 4) is 0 Å². The number of rotatable bonds is 2. The van der Waals surface area contributed by atoms with E-state index < -0.39 is 0 Å². The average Bonchev–Trinajstić information content (AvgIpc) is 2.77. The highest BCUT2D eigenvalue weighted by atomic mass is 16.6. The summed E-state index contributed by atoms with van der Waals surface area (Å²) < 4.78 is 5.50. The van der Waals surface area contributed by atoms with E-state index in [0.29, 0.717) is 26.1 Å². The molecular formula is C19H27N3O3. The number of carbonyl (C=O) groups is 2. The Bertz CT molecular complexity index is 622. The lowest BCUT2D eigenvalue weighted by Crippen LogP contribution is -2.62. The highest BCUT2D eigenvalue weighted by Gasteiger charge is 2.43. The predicted octanol–water partition coefficient (Wildman–Crippen LogP) is 1.95. The molecule has 0 aliphatic carbocycles. The molecule has 1 spiro atoms. The summed E-state index contributed by atoms with van der Waals surface area (Å²) >= 11 is 0. The van der Waals surface area contributed by atoms with Gasteiger partial charge in [-0.15, -0.1) is 0 Å². The number of benzene rings is 1. The van der Waals surface area contributed by atoms with Gasteiger partial charge >= 0.3 is 6.09 Å². The Kier molecular flexibility index (Phi) is 5.27. The summed E-state index contributed by atoms with van der Waals surface area (Å²) in [5.41, 5.74) is 0.853. The molecule has 1 aromatic rings. The Hall–Kier alpha value is -2.08. The first-order valence-corrected chi connectivity index (χ1v) is 8.91. The zero-order valence-electron chi connectivity index (χ0n) is 15.1. The van der Waals surface area contributed by atoms with Gasteiger partial charge in [-0.2, -0.15) is 0 Å². The third-order valence-electron chi connectivity index (χ3n) is 5.61. The van der Waals surface area contributed by atoms with Crippen molar-refractivity contribution < 1.29 is 14.3 Å². The van der Waals surface area contributed by atoms with Gasteiger partial charge in [-0.1, -0.05) is 30.3 Å². The summed E-state index contributed by atoms with van der Waals surface area (Å²) in [6.07, 6.45) is 1.94. The molecular weight excluding hydrogens is 318 g/mol. The van der Waals surface area contributed by atoms with Crippen LogP contribution in [0.5, 0.6) is 0 Å². The molecule has 25 heavy (non-hydrogen) atoms. The molecule has 2 aliphatic heterocycles. The van der Waals surface area contributed by atoms with E-state index in [1.807, 2.05) is 37.4 Å². The Morgan fingerprint density at radius 1 is 1.12 bits per heavy atom. The topological polar surface area (TPSA) is 53.1 Å². The van der Waals surface area contributed by atoms with E-state index in [1.54, 1.807) is 9.80 Å². The minimum Gasteiger partial charge on any atom is -0.445 e. The van der Waals surface area contributed by atoms with Gasteiger partial charge in [0, 0.05) is 45.2 Å². The maximum atomic E-state index is 12.5. The highest BCUT2D eigenvalue weighted by molar-refractivity contribution is 5.76. The van der Waals surface area contributed by atoms with E-state index in [1.165, 1.54) is 0 Å². The number of likely N-dealkylation sites (tertiary alicyclic amines) is 1. The molecule has 0 radical (unpaired) electrons. The van der Waals surface area contributed by atoms with Crippen molar-refractivity contribution in [1.29, 1.82) is 0 Å². The van der Waals surface area contributed by atoms with Crippen molar-refractivity contribution in [3.05, 3.63) is 35.9 Å². The van der Waals surface area contributed by atoms with Gasteiger partial charge in [-0.25, -0.2) is 4.79 Å². The number of hydrogen-bond acceptors (Lipinski definition) is 4. The predicted molar refractivity (Wildman–Crippen MR) is 95.0 cm³/mol. The number of piperazine rings is 1. The normalized spacial score (nSPS) is 25.1. The van der Waals surface area contributed by atoms with E-state index in [-0.39, 0.29) is 17.5 Å². The zero-order chi connectivity index (χ0) is 17.9. The van der Waals surface area contributed by atoms with Gasteiger partial charge in [0.15, 0.2) is 0 Å². The molecule has 2 aliphatic rings. The number of nitrogens with zero attached hydrogens (tertiary/aromatic N) is 3. The first-order chi connectivity index (χ1) is 12.0. The van der Waals surface area contributed by atoms with Crippen LogP contribution < -0.4 is 0 Å². The monoisotopic (exact) mass is 345 g/mol. The van der Waals surface area contributed by atoms with Crippen molar-refractivity contribution in [2.45, 2.75) is 31.4 Å². The van der Waals surface area contributed by atoms with Crippen LogP contribution >= 0.6 is 0 Å². The Balaban J connectivity index is 1.63. The molecule has 0 saturated carbocycles. The van der Waals surface area contributed by atoms with Gasteiger partial charge < -0.3 is 14.5 Å². The molecule has 1 aromatic carbocycles. The van der Waals surface area contributed by atoms with Gasteiger partial charge in [0.1, 0.15) is 6.61 Å². The lowest BCUT2D eigenvalue weighted by Gasteiger charge is -2.48. The van der Waals surface area contributed by atoms with Crippen LogP contribution in [-0.2, 0) is 16.1 Å². The van der Waals surface area contributed by atoms with Gasteiger partial charge in [0.05, 0.1) is 0 Å². The third-order valence-corrected chi connectivity index (χ3v) is 5.61. The number of likely N-dealkylation sites (N-methyl/N-ethyl adjacent to an activating group) is 1. The van der Waals surface area contributed by atoms with E-state index >= 15 is 0 Å². The fourth-order valence-electron chi connectivity index (χ4n) is 3.73. The maximum absolute atomic E-state index is 12.5. The summed E-state index contributed by atoms with van der Waals surface area (Å²) in [5.74, 6) is 0.189. The molecule has 0 aromatic heterocycles. The fourth-order valence-corrected chi connectivity index (χ4v) is 3.73. The molecule has 136 valence electrons. The Labute approximate surface area is 149 Å². The molecule has 6 heteroatoms. The first-order valence-electron chi connectivity index (χ1n) is 8.91. The lowest BCUT2D eigenvalue weighted by molar-refractivity contribution is -0.129. The molecule has 0 N–H and O–H groups in total. The molecule has 1 atom stereocenters. The molecule has 2 heterocycles.